The second-order valence-corrected chi connectivity index (χ2v) is 4.82. The van der Waals surface area contributed by atoms with E-state index in [0.29, 0.717) is 17.5 Å². The number of hydrogen-bond donors (Lipinski definition) is 0. The van der Waals surface area contributed by atoms with Gasteiger partial charge in [0.25, 0.3) is 0 Å². The zero-order valence-corrected chi connectivity index (χ0v) is 12.8. The first-order valence-corrected chi connectivity index (χ1v) is 6.79. The van der Waals surface area contributed by atoms with Gasteiger partial charge in [0.05, 0.1) is 14.2 Å². The quantitative estimate of drug-likeness (QED) is 0.618. The number of nitrogens with zero attached hydrogens (tertiary/aromatic N) is 1. The smallest absolute Gasteiger partial charge is 0.334 e. The topological polar surface area (TPSA) is 57.1 Å². The van der Waals surface area contributed by atoms with Crippen molar-refractivity contribution in [2.45, 2.75) is 19.4 Å². The number of hydrogen-bond acceptors (Lipinski definition) is 5. The van der Waals surface area contributed by atoms with Gasteiger partial charge in [0.2, 0.25) is 5.90 Å². The monoisotopic (exact) mass is 307 g/mol. The number of esters is 1. The van der Waals surface area contributed by atoms with E-state index >= 15 is 0 Å². The molecule has 0 fully saturated rings. The summed E-state index contributed by atoms with van der Waals surface area (Å²) < 4.78 is 29.4. The van der Waals surface area contributed by atoms with Crippen molar-refractivity contribution >= 4 is 11.9 Å². The van der Waals surface area contributed by atoms with Crippen LogP contribution in [0.3, 0.4) is 0 Å². The highest BCUT2D eigenvalue weighted by molar-refractivity contribution is 5.99. The molecule has 118 valence electrons. The maximum Gasteiger partial charge on any atom is 0.334 e. The lowest BCUT2D eigenvalue weighted by atomic mass is 9.98. The molecule has 0 unspecified atom stereocenters. The van der Waals surface area contributed by atoms with Crippen molar-refractivity contribution in [1.82, 2.24) is 0 Å². The van der Waals surface area contributed by atoms with Crippen molar-refractivity contribution in [3.63, 3.8) is 0 Å². The van der Waals surface area contributed by atoms with E-state index in [0.717, 1.165) is 5.56 Å². The third kappa shape index (κ3) is 2.81. The van der Waals surface area contributed by atoms with E-state index in [-0.39, 0.29) is 18.3 Å². The van der Waals surface area contributed by atoms with Gasteiger partial charge >= 0.3 is 5.97 Å². The lowest BCUT2D eigenvalue weighted by Crippen LogP contribution is -2.21. The van der Waals surface area contributed by atoms with Crippen LogP contribution in [-0.2, 0) is 20.7 Å². The van der Waals surface area contributed by atoms with Gasteiger partial charge in [-0.15, -0.1) is 6.58 Å². The summed E-state index contributed by atoms with van der Waals surface area (Å²) >= 11 is 0. The molecule has 0 radical (unpaired) electrons. The van der Waals surface area contributed by atoms with Crippen molar-refractivity contribution in [3.8, 4) is 5.75 Å². The lowest BCUT2D eigenvalue weighted by molar-refractivity contribution is -0.142. The molecular weight excluding hydrogens is 289 g/mol. The van der Waals surface area contributed by atoms with Gasteiger partial charge in [0.1, 0.15) is 6.61 Å². The zero-order valence-electron chi connectivity index (χ0n) is 12.8. The van der Waals surface area contributed by atoms with Crippen LogP contribution in [0.5, 0.6) is 5.75 Å². The standard InChI is InChI=1S/C16H18FNO4/c1-5-6-10-9(2)11(7-12(17)14(10)20-3)15-18-13(8-22-15)16(19)21-4/h5,7,13H,1,6,8H2,2-4H3/t13-/m1/s1. The number of carbonyl (C=O) groups is 1. The van der Waals surface area contributed by atoms with Crippen molar-refractivity contribution < 1.29 is 23.4 Å². The molecule has 22 heavy (non-hydrogen) atoms. The highest BCUT2D eigenvalue weighted by atomic mass is 19.1. The summed E-state index contributed by atoms with van der Waals surface area (Å²) in [5, 5.41) is 0. The highest BCUT2D eigenvalue weighted by Crippen LogP contribution is 2.31. The van der Waals surface area contributed by atoms with Crippen LogP contribution in [0.1, 0.15) is 16.7 Å². The number of ether oxygens (including phenoxy) is 3. The Morgan fingerprint density at radius 3 is 2.91 bits per heavy atom. The molecule has 1 heterocycles. The summed E-state index contributed by atoms with van der Waals surface area (Å²) in [5.74, 6) is -0.565. The van der Waals surface area contributed by atoms with Gasteiger partial charge in [-0.1, -0.05) is 6.08 Å². The van der Waals surface area contributed by atoms with E-state index in [2.05, 4.69) is 16.3 Å². The molecule has 0 N–H and O–H groups in total. The van der Waals surface area contributed by atoms with Gasteiger partial charge in [-0.05, 0) is 25.0 Å². The molecular formula is C16H18FNO4. The van der Waals surface area contributed by atoms with E-state index in [1.54, 1.807) is 6.08 Å². The molecule has 1 atom stereocenters. The van der Waals surface area contributed by atoms with Gasteiger partial charge in [0.15, 0.2) is 17.6 Å². The average molecular weight is 307 g/mol. The van der Waals surface area contributed by atoms with Crippen molar-refractivity contribution in [2.24, 2.45) is 4.99 Å². The fourth-order valence-electron chi connectivity index (χ4n) is 2.39. The summed E-state index contributed by atoms with van der Waals surface area (Å²) in [7, 11) is 2.71. The van der Waals surface area contributed by atoms with Crippen molar-refractivity contribution in [1.29, 1.82) is 0 Å². The minimum absolute atomic E-state index is 0.0892. The number of aliphatic imine (C=N–C) groups is 1. The largest absolute Gasteiger partial charge is 0.493 e. The first-order valence-electron chi connectivity index (χ1n) is 6.79. The van der Waals surface area contributed by atoms with Crippen LogP contribution in [0.25, 0.3) is 0 Å². The SMILES string of the molecule is C=CCc1c(C)c(C2=N[C@@H](C(=O)OC)CO2)cc(F)c1OC. The fraction of sp³-hybridized carbons (Fsp3) is 0.375. The number of benzene rings is 1. The first-order chi connectivity index (χ1) is 10.5. The third-order valence-electron chi connectivity index (χ3n) is 3.53. The van der Waals surface area contributed by atoms with Crippen LogP contribution in [-0.4, -0.2) is 38.7 Å². The van der Waals surface area contributed by atoms with Crippen molar-refractivity contribution in [2.75, 3.05) is 20.8 Å². The Bertz CT molecular complexity index is 640. The Balaban J connectivity index is 2.48. The van der Waals surface area contributed by atoms with Gasteiger partial charge in [-0.3, -0.25) is 0 Å². The maximum absolute atomic E-state index is 14.2. The number of methoxy groups -OCH3 is 2. The molecule has 0 bridgehead atoms. The summed E-state index contributed by atoms with van der Waals surface area (Å²) in [6.45, 7) is 5.59. The molecule has 0 aromatic heterocycles. The minimum Gasteiger partial charge on any atom is -0.493 e. The number of carbonyl (C=O) groups excluding carboxylic acids is 1. The minimum atomic E-state index is -0.715. The lowest BCUT2D eigenvalue weighted by Gasteiger charge is -2.15. The first kappa shape index (κ1) is 16.0. The Kier molecular flexibility index (Phi) is 4.80. The number of rotatable bonds is 5. The van der Waals surface area contributed by atoms with E-state index < -0.39 is 17.8 Å². The summed E-state index contributed by atoms with van der Waals surface area (Å²) in [6, 6.07) is 0.589. The van der Waals surface area contributed by atoms with Crippen LogP contribution < -0.4 is 4.74 Å². The molecule has 0 saturated carbocycles. The van der Waals surface area contributed by atoms with Gasteiger partial charge in [0, 0.05) is 11.1 Å². The van der Waals surface area contributed by atoms with Crippen LogP contribution in [0.15, 0.2) is 23.7 Å². The average Bonchev–Trinajstić information content (AvgIpc) is 3.00. The van der Waals surface area contributed by atoms with Crippen LogP contribution in [0, 0.1) is 12.7 Å². The summed E-state index contributed by atoms with van der Waals surface area (Å²) in [6.07, 6.45) is 2.12. The predicted molar refractivity (Wildman–Crippen MR) is 79.9 cm³/mol. The molecule has 0 amide bonds. The molecule has 1 aromatic carbocycles. The fourth-order valence-corrected chi connectivity index (χ4v) is 2.39. The van der Waals surface area contributed by atoms with E-state index in [1.165, 1.54) is 20.3 Å². The molecule has 0 saturated heterocycles. The Morgan fingerprint density at radius 1 is 1.59 bits per heavy atom. The Hall–Kier alpha value is -2.37. The highest BCUT2D eigenvalue weighted by Gasteiger charge is 2.29. The number of allylic oxidation sites excluding steroid dienone is 1. The zero-order chi connectivity index (χ0) is 16.3. The van der Waals surface area contributed by atoms with E-state index in [4.69, 9.17) is 9.47 Å². The molecule has 1 aliphatic rings. The number of halogens is 1. The third-order valence-corrected chi connectivity index (χ3v) is 3.53. The van der Waals surface area contributed by atoms with E-state index in [9.17, 15) is 9.18 Å². The summed E-state index contributed by atoms with van der Waals surface area (Å²) in [5.41, 5.74) is 1.96. The molecule has 6 heteroatoms. The normalized spacial score (nSPS) is 16.7. The van der Waals surface area contributed by atoms with Gasteiger partial charge in [-0.25, -0.2) is 14.2 Å². The van der Waals surface area contributed by atoms with Crippen molar-refractivity contribution in [3.05, 3.63) is 41.2 Å². The summed E-state index contributed by atoms with van der Waals surface area (Å²) in [4.78, 5) is 15.7. The molecule has 1 aliphatic heterocycles. The molecule has 0 aliphatic carbocycles. The van der Waals surface area contributed by atoms with E-state index in [1.807, 2.05) is 6.92 Å². The van der Waals surface area contributed by atoms with Gasteiger partial charge < -0.3 is 14.2 Å². The van der Waals surface area contributed by atoms with Crippen LogP contribution in [0.2, 0.25) is 0 Å². The second-order valence-electron chi connectivity index (χ2n) is 4.82. The molecule has 0 spiro atoms. The maximum atomic E-state index is 14.2. The Labute approximate surface area is 128 Å². The van der Waals surface area contributed by atoms with Crippen LogP contribution >= 0.6 is 0 Å². The predicted octanol–water partition coefficient (Wildman–Crippen LogP) is 2.19. The molecule has 2 rings (SSSR count). The Morgan fingerprint density at radius 2 is 2.32 bits per heavy atom. The second kappa shape index (κ2) is 6.60. The molecule has 1 aromatic rings. The van der Waals surface area contributed by atoms with Gasteiger partial charge in [-0.2, -0.15) is 0 Å². The molecule has 5 nitrogen and oxygen atoms in total. The van der Waals surface area contributed by atoms with Crippen LogP contribution in [0.4, 0.5) is 4.39 Å².